The number of thiophene rings is 2. The Morgan fingerprint density at radius 3 is 2.75 bits per heavy atom. The summed E-state index contributed by atoms with van der Waals surface area (Å²) < 4.78 is 2.05. The number of fused-ring (bicyclic) bond motifs is 1. The van der Waals surface area contributed by atoms with Gasteiger partial charge in [0.2, 0.25) is 0 Å². The first kappa shape index (κ1) is 17.5. The van der Waals surface area contributed by atoms with Gasteiger partial charge in [-0.25, -0.2) is 9.97 Å². The molecule has 0 fully saturated rings. The van der Waals surface area contributed by atoms with Crippen LogP contribution in [0.4, 0.5) is 0 Å². The van der Waals surface area contributed by atoms with Crippen LogP contribution in [-0.2, 0) is 13.5 Å². The largest absolute Gasteiger partial charge is 0.309 e. The molecule has 0 aliphatic heterocycles. The molecule has 0 amide bonds. The van der Waals surface area contributed by atoms with E-state index >= 15 is 0 Å². The van der Waals surface area contributed by atoms with E-state index in [1.54, 1.807) is 22.7 Å². The van der Waals surface area contributed by atoms with Crippen LogP contribution in [0.25, 0.3) is 22.3 Å². The Labute approximate surface area is 174 Å². The van der Waals surface area contributed by atoms with Crippen LogP contribution in [0.2, 0.25) is 0 Å². The summed E-state index contributed by atoms with van der Waals surface area (Å²) in [6, 6.07) is 14.3. The third-order valence-electron chi connectivity index (χ3n) is 4.37. The van der Waals surface area contributed by atoms with E-state index in [1.807, 2.05) is 41.3 Å². The van der Waals surface area contributed by atoms with Gasteiger partial charge < -0.3 is 4.57 Å². The molecule has 5 aromatic rings. The highest BCUT2D eigenvalue weighted by atomic mass is 32.2. The minimum Gasteiger partial charge on any atom is -0.309 e. The highest BCUT2D eigenvalue weighted by Gasteiger charge is 2.16. The lowest BCUT2D eigenvalue weighted by atomic mass is 10.2. The van der Waals surface area contributed by atoms with Crippen molar-refractivity contribution in [2.24, 2.45) is 7.05 Å². The molecule has 5 rings (SSSR count). The van der Waals surface area contributed by atoms with Crippen molar-refractivity contribution in [3.05, 3.63) is 69.3 Å². The first-order valence-electron chi connectivity index (χ1n) is 8.66. The lowest BCUT2D eigenvalue weighted by molar-refractivity contribution is 0.750. The zero-order valence-electron chi connectivity index (χ0n) is 14.9. The van der Waals surface area contributed by atoms with E-state index in [0.717, 1.165) is 44.7 Å². The van der Waals surface area contributed by atoms with Crippen LogP contribution < -0.4 is 0 Å². The standard InChI is InChI=1S/C20H15N5S3/c1-25-17(11-14-5-4-9-27-14)23-24-20(25)28-19-15-6-2-3-7-16(15)21-18(22-19)13-8-10-26-12-13/h2-10,12H,11H2,1H3. The molecule has 0 saturated carbocycles. The van der Waals surface area contributed by atoms with E-state index in [2.05, 4.69) is 39.2 Å². The molecule has 0 saturated heterocycles. The number of hydrogen-bond acceptors (Lipinski definition) is 7. The summed E-state index contributed by atoms with van der Waals surface area (Å²) >= 11 is 4.91. The second-order valence-corrected chi connectivity index (χ2v) is 8.97. The van der Waals surface area contributed by atoms with Gasteiger partial charge in [-0.2, -0.15) is 11.3 Å². The van der Waals surface area contributed by atoms with Gasteiger partial charge in [0.1, 0.15) is 10.9 Å². The van der Waals surface area contributed by atoms with Crippen LogP contribution in [0, 0.1) is 0 Å². The van der Waals surface area contributed by atoms with Crippen molar-refractivity contribution in [1.82, 2.24) is 24.7 Å². The summed E-state index contributed by atoms with van der Waals surface area (Å²) in [6.07, 6.45) is 0.784. The molecule has 0 bridgehead atoms. The Hall–Kier alpha value is -2.55. The maximum absolute atomic E-state index is 4.84. The van der Waals surface area contributed by atoms with Gasteiger partial charge in [-0.3, -0.25) is 0 Å². The highest BCUT2D eigenvalue weighted by molar-refractivity contribution is 7.99. The van der Waals surface area contributed by atoms with Gasteiger partial charge in [-0.1, -0.05) is 24.3 Å². The van der Waals surface area contributed by atoms with Crippen molar-refractivity contribution in [2.45, 2.75) is 16.6 Å². The molecule has 4 heterocycles. The number of aromatic nitrogens is 5. The minimum absolute atomic E-state index is 0.739. The molecule has 0 radical (unpaired) electrons. The molecular formula is C20H15N5S3. The quantitative estimate of drug-likeness (QED) is 0.361. The average Bonchev–Trinajstić information content (AvgIpc) is 3.48. The first-order chi connectivity index (χ1) is 13.8. The SMILES string of the molecule is Cn1c(Cc2cccs2)nnc1Sc1nc(-c2ccsc2)nc2ccccc12. The lowest BCUT2D eigenvalue weighted by Crippen LogP contribution is -2.00. The number of rotatable bonds is 5. The van der Waals surface area contributed by atoms with Crippen molar-refractivity contribution in [2.75, 3.05) is 0 Å². The van der Waals surface area contributed by atoms with Crippen LogP contribution in [0.15, 0.2) is 68.8 Å². The van der Waals surface area contributed by atoms with E-state index in [0.29, 0.717) is 0 Å². The predicted octanol–water partition coefficient (Wildman–Crippen LogP) is 5.29. The Bertz CT molecular complexity index is 1230. The van der Waals surface area contributed by atoms with E-state index in [4.69, 9.17) is 9.97 Å². The topological polar surface area (TPSA) is 56.5 Å². The Morgan fingerprint density at radius 1 is 1.00 bits per heavy atom. The lowest BCUT2D eigenvalue weighted by Gasteiger charge is -2.08. The third kappa shape index (κ3) is 3.34. The summed E-state index contributed by atoms with van der Waals surface area (Å²) in [5.74, 6) is 1.68. The minimum atomic E-state index is 0.739. The van der Waals surface area contributed by atoms with Gasteiger partial charge in [0.25, 0.3) is 0 Å². The monoisotopic (exact) mass is 421 g/mol. The van der Waals surface area contributed by atoms with Gasteiger partial charge in [0, 0.05) is 34.7 Å². The van der Waals surface area contributed by atoms with Crippen LogP contribution in [0.1, 0.15) is 10.7 Å². The summed E-state index contributed by atoms with van der Waals surface area (Å²) in [4.78, 5) is 10.9. The normalized spacial score (nSPS) is 11.3. The first-order valence-corrected chi connectivity index (χ1v) is 11.3. The Balaban J connectivity index is 1.54. The molecule has 0 aliphatic rings. The molecule has 0 aliphatic carbocycles. The zero-order chi connectivity index (χ0) is 18.9. The Kier molecular flexibility index (Phi) is 4.67. The van der Waals surface area contributed by atoms with Gasteiger partial charge in [0.15, 0.2) is 11.0 Å². The molecule has 0 N–H and O–H groups in total. The predicted molar refractivity (Wildman–Crippen MR) is 115 cm³/mol. The van der Waals surface area contributed by atoms with Crippen molar-refractivity contribution in [1.29, 1.82) is 0 Å². The highest BCUT2D eigenvalue weighted by Crippen LogP contribution is 2.33. The van der Waals surface area contributed by atoms with Crippen LogP contribution in [0.3, 0.4) is 0 Å². The second kappa shape index (κ2) is 7.46. The van der Waals surface area contributed by atoms with Crippen molar-refractivity contribution in [3.63, 3.8) is 0 Å². The van der Waals surface area contributed by atoms with Crippen molar-refractivity contribution >= 4 is 45.3 Å². The van der Waals surface area contributed by atoms with Gasteiger partial charge in [-0.05, 0) is 40.7 Å². The average molecular weight is 422 g/mol. The van der Waals surface area contributed by atoms with Crippen LogP contribution in [-0.4, -0.2) is 24.7 Å². The number of benzene rings is 1. The van der Waals surface area contributed by atoms with E-state index in [-0.39, 0.29) is 0 Å². The Morgan fingerprint density at radius 2 is 1.93 bits per heavy atom. The number of hydrogen-bond donors (Lipinski definition) is 0. The van der Waals surface area contributed by atoms with Crippen molar-refractivity contribution < 1.29 is 0 Å². The second-order valence-electron chi connectivity index (χ2n) is 6.20. The molecule has 4 aromatic heterocycles. The van der Waals surface area contributed by atoms with Gasteiger partial charge in [-0.15, -0.1) is 21.5 Å². The van der Waals surface area contributed by atoms with Gasteiger partial charge in [0.05, 0.1) is 5.52 Å². The molecule has 0 atom stereocenters. The molecule has 0 spiro atoms. The van der Waals surface area contributed by atoms with E-state index < -0.39 is 0 Å². The number of para-hydroxylation sites is 1. The fourth-order valence-electron chi connectivity index (χ4n) is 2.89. The summed E-state index contributed by atoms with van der Waals surface area (Å²) in [6.45, 7) is 0. The van der Waals surface area contributed by atoms with E-state index in [1.165, 1.54) is 16.6 Å². The van der Waals surface area contributed by atoms with Crippen LogP contribution in [0.5, 0.6) is 0 Å². The fourth-order valence-corrected chi connectivity index (χ4v) is 5.14. The smallest absolute Gasteiger partial charge is 0.197 e. The molecule has 1 aromatic carbocycles. The van der Waals surface area contributed by atoms with Crippen molar-refractivity contribution in [3.8, 4) is 11.4 Å². The fraction of sp³-hybridized carbons (Fsp3) is 0.100. The molecule has 5 nitrogen and oxygen atoms in total. The van der Waals surface area contributed by atoms with Crippen LogP contribution >= 0.6 is 34.4 Å². The molecular weight excluding hydrogens is 406 g/mol. The zero-order valence-corrected chi connectivity index (χ0v) is 17.4. The molecule has 28 heavy (non-hydrogen) atoms. The summed E-state index contributed by atoms with van der Waals surface area (Å²) in [5.41, 5.74) is 1.97. The maximum Gasteiger partial charge on any atom is 0.197 e. The maximum atomic E-state index is 4.84. The molecule has 8 heteroatoms. The van der Waals surface area contributed by atoms with E-state index in [9.17, 15) is 0 Å². The molecule has 0 unspecified atom stereocenters. The van der Waals surface area contributed by atoms with Gasteiger partial charge >= 0.3 is 0 Å². The third-order valence-corrected chi connectivity index (χ3v) is 6.98. The summed E-state index contributed by atoms with van der Waals surface area (Å²) in [5, 5.41) is 17.7. The number of nitrogens with zero attached hydrogens (tertiary/aromatic N) is 5. The summed E-state index contributed by atoms with van der Waals surface area (Å²) in [7, 11) is 2.01. The molecule has 138 valence electrons.